The molecule has 0 spiro atoms. The number of Topliss-reactive ketones (excluding diaryl/α,β-unsaturated/α-hetero) is 1. The minimum atomic E-state index is -1.53. The van der Waals surface area contributed by atoms with Crippen molar-refractivity contribution in [3.8, 4) is 0 Å². The Balaban J connectivity index is 2.03. The maximum Gasteiger partial charge on any atom is 0.303 e. The lowest BCUT2D eigenvalue weighted by molar-refractivity contribution is -0.349. The second-order valence-corrected chi connectivity index (χ2v) is 11.5. The van der Waals surface area contributed by atoms with Gasteiger partial charge in [-0.2, -0.15) is 0 Å². The van der Waals surface area contributed by atoms with Gasteiger partial charge in [-0.25, -0.2) is 0 Å². The fraction of sp³-hybridized carbons (Fsp3) is 0.833. The Morgan fingerprint density at radius 2 is 1.94 bits per heavy atom. The van der Waals surface area contributed by atoms with Gasteiger partial charge in [0.25, 0.3) is 0 Å². The average Bonchev–Trinajstić information content (AvgIpc) is 2.72. The van der Waals surface area contributed by atoms with Crippen molar-refractivity contribution in [2.24, 2.45) is 16.7 Å². The molecule has 9 atom stereocenters. The van der Waals surface area contributed by atoms with Gasteiger partial charge in [0.1, 0.15) is 17.8 Å². The quantitative estimate of drug-likeness (QED) is 0.309. The minimum Gasteiger partial charge on any atom is -0.454 e. The SMILES string of the molecule is CC(=O)O[C@@]12CO[C@@H]1CC(O)[C@@]1(C)C(=O)[C@H](O)C3=C(C)CCC(O)([C@@H](OCCP)[C@H]21)C3(C)C. The molecule has 0 aromatic heterocycles. The molecule has 4 aliphatic rings. The predicted octanol–water partition coefficient (Wildman–Crippen LogP) is 1.15. The van der Waals surface area contributed by atoms with Gasteiger partial charge in [0.05, 0.1) is 30.8 Å². The van der Waals surface area contributed by atoms with Crippen LogP contribution in [0.1, 0.15) is 53.9 Å². The van der Waals surface area contributed by atoms with E-state index >= 15 is 0 Å². The van der Waals surface area contributed by atoms with Crippen molar-refractivity contribution in [3.63, 3.8) is 0 Å². The number of carbonyl (C=O) groups is 2. The van der Waals surface area contributed by atoms with E-state index in [-0.39, 0.29) is 19.6 Å². The molecule has 4 rings (SSSR count). The lowest BCUT2D eigenvalue weighted by Gasteiger charge is -2.67. The molecule has 2 saturated carbocycles. The summed E-state index contributed by atoms with van der Waals surface area (Å²) in [5.74, 6) is -1.99. The van der Waals surface area contributed by atoms with E-state index in [1.165, 1.54) is 6.92 Å². The summed E-state index contributed by atoms with van der Waals surface area (Å²) < 4.78 is 18.0. The Kier molecular flexibility index (Phi) is 6.17. The van der Waals surface area contributed by atoms with Crippen LogP contribution in [0.15, 0.2) is 11.1 Å². The first-order valence-corrected chi connectivity index (χ1v) is 12.6. The van der Waals surface area contributed by atoms with E-state index in [2.05, 4.69) is 9.24 Å². The highest BCUT2D eigenvalue weighted by Crippen LogP contribution is 2.63. The first-order chi connectivity index (χ1) is 15.3. The Morgan fingerprint density at radius 1 is 1.27 bits per heavy atom. The molecule has 1 saturated heterocycles. The zero-order chi connectivity index (χ0) is 24.6. The van der Waals surface area contributed by atoms with Crippen LogP contribution in [-0.4, -0.2) is 82.1 Å². The van der Waals surface area contributed by atoms with Crippen LogP contribution in [0.2, 0.25) is 0 Å². The summed E-state index contributed by atoms with van der Waals surface area (Å²) in [6.45, 7) is 8.76. The third kappa shape index (κ3) is 3.18. The van der Waals surface area contributed by atoms with Gasteiger partial charge in [-0.1, -0.05) is 19.4 Å². The highest BCUT2D eigenvalue weighted by molar-refractivity contribution is 7.16. The molecule has 186 valence electrons. The summed E-state index contributed by atoms with van der Waals surface area (Å²) in [4.78, 5) is 26.3. The fourth-order valence-electron chi connectivity index (χ4n) is 7.20. The largest absolute Gasteiger partial charge is 0.454 e. The minimum absolute atomic E-state index is 0.0343. The van der Waals surface area contributed by atoms with Gasteiger partial charge in [-0.05, 0) is 38.4 Å². The zero-order valence-corrected chi connectivity index (χ0v) is 21.2. The van der Waals surface area contributed by atoms with Crippen LogP contribution < -0.4 is 0 Å². The van der Waals surface area contributed by atoms with Crippen LogP contribution in [-0.2, 0) is 23.8 Å². The summed E-state index contributed by atoms with van der Waals surface area (Å²) in [5, 5.41) is 35.1. The molecule has 0 aromatic carbocycles. The molecule has 0 radical (unpaired) electrons. The average molecular weight is 485 g/mol. The second-order valence-electron chi connectivity index (χ2n) is 11.0. The third-order valence-electron chi connectivity index (χ3n) is 9.03. The maximum absolute atomic E-state index is 14.1. The van der Waals surface area contributed by atoms with E-state index in [0.717, 1.165) is 5.57 Å². The molecule has 9 heteroatoms. The number of carbonyl (C=O) groups excluding carboxylic acids is 2. The third-order valence-corrected chi connectivity index (χ3v) is 9.26. The van der Waals surface area contributed by atoms with Crippen molar-refractivity contribution in [2.45, 2.75) is 89.5 Å². The fourth-order valence-corrected chi connectivity index (χ4v) is 7.33. The Hall–Kier alpha value is -0.890. The van der Waals surface area contributed by atoms with Crippen molar-refractivity contribution in [1.29, 1.82) is 0 Å². The zero-order valence-electron chi connectivity index (χ0n) is 20.1. The highest BCUT2D eigenvalue weighted by Gasteiger charge is 2.76. The van der Waals surface area contributed by atoms with E-state index in [9.17, 15) is 24.9 Å². The number of aliphatic hydroxyl groups excluding tert-OH is 2. The predicted molar refractivity (Wildman–Crippen MR) is 122 cm³/mol. The first-order valence-electron chi connectivity index (χ1n) is 11.7. The number of fused-ring (bicyclic) bond motifs is 5. The van der Waals surface area contributed by atoms with Crippen LogP contribution in [0.5, 0.6) is 0 Å². The summed E-state index contributed by atoms with van der Waals surface area (Å²) in [7, 11) is 2.59. The summed E-state index contributed by atoms with van der Waals surface area (Å²) in [6, 6.07) is 0. The van der Waals surface area contributed by atoms with Crippen LogP contribution >= 0.6 is 9.24 Å². The van der Waals surface area contributed by atoms with Crippen LogP contribution in [0, 0.1) is 16.7 Å². The standard InChI is InChI=1S/C24H37O8P/c1-12-6-7-24(29)20(30-8-9-33)18-22(5,19(28)17(27)16(12)21(24,3)4)14(26)10-15-23(18,11-31-15)32-13(2)25/h14-15,17-18,20,26-27,29H,6-11,33H2,1-5H3/t14?,15-,17-,18+,20+,22-,23+,24?/m1/s1. The van der Waals surface area contributed by atoms with Crippen molar-refractivity contribution in [2.75, 3.05) is 19.4 Å². The number of hydrogen-bond acceptors (Lipinski definition) is 8. The van der Waals surface area contributed by atoms with Gasteiger partial charge in [0.15, 0.2) is 11.4 Å². The molecular weight excluding hydrogens is 447 g/mol. The van der Waals surface area contributed by atoms with Gasteiger partial charge in [0, 0.05) is 24.7 Å². The van der Waals surface area contributed by atoms with Gasteiger partial charge >= 0.3 is 5.97 Å². The van der Waals surface area contributed by atoms with Crippen LogP contribution in [0.3, 0.4) is 0 Å². The number of allylic oxidation sites excluding steroid dienone is 1. The second kappa shape index (κ2) is 8.07. The maximum atomic E-state index is 14.1. The Bertz CT molecular complexity index is 886. The van der Waals surface area contributed by atoms with Crippen molar-refractivity contribution < 1.29 is 39.1 Å². The summed E-state index contributed by atoms with van der Waals surface area (Å²) >= 11 is 0. The number of hydrogen-bond donors (Lipinski definition) is 3. The van der Waals surface area contributed by atoms with E-state index in [1.807, 2.05) is 20.8 Å². The van der Waals surface area contributed by atoms with Gasteiger partial charge in [0.2, 0.25) is 0 Å². The van der Waals surface area contributed by atoms with Gasteiger partial charge in [-0.3, -0.25) is 9.59 Å². The first kappa shape index (κ1) is 25.2. The van der Waals surface area contributed by atoms with Crippen LogP contribution in [0.25, 0.3) is 0 Å². The van der Waals surface area contributed by atoms with Crippen molar-refractivity contribution in [3.05, 3.63) is 11.1 Å². The van der Waals surface area contributed by atoms with E-state index in [1.54, 1.807) is 6.92 Å². The molecule has 3 fully saturated rings. The summed E-state index contributed by atoms with van der Waals surface area (Å²) in [6.07, 6.45) is -2.73. The normalized spacial score (nSPS) is 46.5. The Morgan fingerprint density at radius 3 is 2.48 bits per heavy atom. The molecule has 1 heterocycles. The van der Waals surface area contributed by atoms with Gasteiger partial charge in [-0.15, -0.1) is 9.24 Å². The molecule has 3 unspecified atom stereocenters. The van der Waals surface area contributed by atoms with Gasteiger partial charge < -0.3 is 29.5 Å². The molecule has 1 aliphatic heterocycles. The van der Waals surface area contributed by atoms with Crippen molar-refractivity contribution >= 4 is 21.0 Å². The molecule has 8 nitrogen and oxygen atoms in total. The number of rotatable bonds is 4. The summed E-state index contributed by atoms with van der Waals surface area (Å²) in [5.41, 5.74) is -3.92. The van der Waals surface area contributed by atoms with E-state index in [4.69, 9.17) is 14.2 Å². The molecule has 3 aliphatic carbocycles. The number of esters is 1. The molecular formula is C24H37O8P. The van der Waals surface area contributed by atoms with Crippen molar-refractivity contribution in [1.82, 2.24) is 0 Å². The molecule has 2 bridgehead atoms. The van der Waals surface area contributed by atoms with E-state index in [0.29, 0.717) is 24.6 Å². The monoisotopic (exact) mass is 484 g/mol. The van der Waals surface area contributed by atoms with E-state index < -0.39 is 64.1 Å². The highest BCUT2D eigenvalue weighted by atomic mass is 31.0. The lowest BCUT2D eigenvalue weighted by Crippen LogP contribution is -2.81. The lowest BCUT2D eigenvalue weighted by atomic mass is 9.45. The number of aliphatic hydroxyl groups is 3. The number of ketones is 1. The van der Waals surface area contributed by atoms with Crippen LogP contribution in [0.4, 0.5) is 0 Å². The number of ether oxygens (including phenoxy) is 3. The molecule has 0 amide bonds. The smallest absolute Gasteiger partial charge is 0.303 e. The molecule has 0 aromatic rings. The molecule has 3 N–H and O–H groups in total. The topological polar surface area (TPSA) is 123 Å². The molecule has 33 heavy (non-hydrogen) atoms. The Labute approximate surface area is 197 Å².